The van der Waals surface area contributed by atoms with Crippen LogP contribution in [0.15, 0.2) is 24.3 Å². The Bertz CT molecular complexity index is 467. The number of methoxy groups -OCH3 is 1. The van der Waals surface area contributed by atoms with Crippen LogP contribution in [0, 0.1) is 0 Å². The van der Waals surface area contributed by atoms with E-state index < -0.39 is 5.97 Å². The number of carbonyl (C=O) groups excluding carboxylic acids is 2. The number of allylic oxidation sites excluding steroid dienone is 1. The first-order chi connectivity index (χ1) is 8.04. The molecule has 0 aromatic heterocycles. The maximum absolute atomic E-state index is 11.3. The van der Waals surface area contributed by atoms with Gasteiger partial charge in [0.05, 0.1) is 17.2 Å². The van der Waals surface area contributed by atoms with Crippen molar-refractivity contribution < 1.29 is 14.3 Å². The molecule has 1 aromatic carbocycles. The largest absolute Gasteiger partial charge is 0.469 e. The maximum atomic E-state index is 11.3. The van der Waals surface area contributed by atoms with Crippen molar-refractivity contribution in [2.45, 2.75) is 6.42 Å². The molecule has 17 heavy (non-hydrogen) atoms. The van der Waals surface area contributed by atoms with Gasteiger partial charge < -0.3 is 4.74 Å². The van der Waals surface area contributed by atoms with E-state index in [-0.39, 0.29) is 12.2 Å². The Morgan fingerprint density at radius 3 is 2.71 bits per heavy atom. The number of benzene rings is 1. The van der Waals surface area contributed by atoms with E-state index in [0.717, 1.165) is 0 Å². The molecule has 0 unspecified atom stereocenters. The van der Waals surface area contributed by atoms with E-state index in [9.17, 15) is 9.59 Å². The van der Waals surface area contributed by atoms with Crippen LogP contribution >= 0.6 is 23.2 Å². The fraction of sp³-hybridized carbons (Fsp3) is 0.167. The second kappa shape index (κ2) is 6.42. The van der Waals surface area contributed by atoms with E-state index in [1.54, 1.807) is 18.2 Å². The summed E-state index contributed by atoms with van der Waals surface area (Å²) < 4.78 is 4.37. The molecule has 0 saturated carbocycles. The standard InChI is InChI=1S/C12H10Cl2O3/c1-17-11(16)7-9(15)6-5-8-3-2-4-10(13)12(8)14/h2-6H,7H2,1H3/b6-5-. The molecule has 0 amide bonds. The van der Waals surface area contributed by atoms with Crippen LogP contribution in [-0.2, 0) is 14.3 Å². The van der Waals surface area contributed by atoms with Crippen molar-refractivity contribution in [3.63, 3.8) is 0 Å². The fourth-order valence-corrected chi connectivity index (χ4v) is 1.48. The molecule has 0 spiro atoms. The molecular formula is C12H10Cl2O3. The predicted octanol–water partition coefficient (Wildman–Crippen LogP) is 3.14. The van der Waals surface area contributed by atoms with Crippen LogP contribution in [-0.4, -0.2) is 18.9 Å². The van der Waals surface area contributed by atoms with Gasteiger partial charge in [-0.1, -0.05) is 35.3 Å². The molecule has 5 heteroatoms. The van der Waals surface area contributed by atoms with Crippen LogP contribution < -0.4 is 0 Å². The van der Waals surface area contributed by atoms with E-state index in [0.29, 0.717) is 15.6 Å². The van der Waals surface area contributed by atoms with Crippen molar-refractivity contribution in [2.24, 2.45) is 0 Å². The van der Waals surface area contributed by atoms with Gasteiger partial charge in [-0.2, -0.15) is 0 Å². The van der Waals surface area contributed by atoms with E-state index >= 15 is 0 Å². The average molecular weight is 273 g/mol. The zero-order valence-corrected chi connectivity index (χ0v) is 10.6. The highest BCUT2D eigenvalue weighted by molar-refractivity contribution is 6.42. The highest BCUT2D eigenvalue weighted by Crippen LogP contribution is 2.26. The third-order valence-corrected chi connectivity index (χ3v) is 2.81. The lowest BCUT2D eigenvalue weighted by atomic mass is 10.1. The minimum Gasteiger partial charge on any atom is -0.469 e. The molecule has 0 bridgehead atoms. The van der Waals surface area contributed by atoms with Gasteiger partial charge in [-0.25, -0.2) is 0 Å². The van der Waals surface area contributed by atoms with E-state index in [2.05, 4.69) is 4.74 Å². The van der Waals surface area contributed by atoms with Crippen LogP contribution in [0.2, 0.25) is 10.0 Å². The van der Waals surface area contributed by atoms with Gasteiger partial charge in [-0.05, 0) is 23.8 Å². The lowest BCUT2D eigenvalue weighted by Crippen LogP contribution is -2.06. The monoisotopic (exact) mass is 272 g/mol. The number of halogens is 2. The molecule has 1 aromatic rings. The van der Waals surface area contributed by atoms with Gasteiger partial charge in [-0.3, -0.25) is 9.59 Å². The summed E-state index contributed by atoms with van der Waals surface area (Å²) in [7, 11) is 1.23. The average Bonchev–Trinajstić information content (AvgIpc) is 2.31. The SMILES string of the molecule is COC(=O)CC(=O)/C=C\c1cccc(Cl)c1Cl. The summed E-state index contributed by atoms with van der Waals surface area (Å²) in [5.74, 6) is -0.926. The van der Waals surface area contributed by atoms with Gasteiger partial charge in [0.25, 0.3) is 0 Å². The molecule has 0 fully saturated rings. The first kappa shape index (κ1) is 13.7. The van der Waals surface area contributed by atoms with Gasteiger partial charge in [-0.15, -0.1) is 0 Å². The Labute approximate surface area is 109 Å². The van der Waals surface area contributed by atoms with Crippen LogP contribution in [0.25, 0.3) is 6.08 Å². The molecule has 0 radical (unpaired) electrons. The number of hydrogen-bond acceptors (Lipinski definition) is 3. The molecule has 0 N–H and O–H groups in total. The van der Waals surface area contributed by atoms with Crippen molar-refractivity contribution in [1.82, 2.24) is 0 Å². The number of esters is 1. The smallest absolute Gasteiger partial charge is 0.313 e. The van der Waals surface area contributed by atoms with Crippen LogP contribution in [0.1, 0.15) is 12.0 Å². The molecule has 0 aliphatic carbocycles. The minimum atomic E-state index is -0.572. The van der Waals surface area contributed by atoms with Crippen molar-refractivity contribution in [2.75, 3.05) is 7.11 Å². The summed E-state index contributed by atoms with van der Waals surface area (Å²) in [6.07, 6.45) is 2.50. The minimum absolute atomic E-state index is 0.287. The Balaban J connectivity index is 2.74. The molecule has 0 heterocycles. The summed E-state index contributed by atoms with van der Waals surface area (Å²) >= 11 is 11.7. The predicted molar refractivity (Wildman–Crippen MR) is 67.1 cm³/mol. The third-order valence-electron chi connectivity index (χ3n) is 1.98. The normalized spacial score (nSPS) is 10.5. The Hall–Kier alpha value is -1.32. The van der Waals surface area contributed by atoms with Crippen LogP contribution in [0.3, 0.4) is 0 Å². The molecule has 90 valence electrons. The summed E-state index contributed by atoms with van der Waals surface area (Å²) in [5.41, 5.74) is 0.623. The summed E-state index contributed by atoms with van der Waals surface area (Å²) in [5, 5.41) is 0.783. The summed E-state index contributed by atoms with van der Waals surface area (Å²) in [6, 6.07) is 5.09. The van der Waals surface area contributed by atoms with Gasteiger partial charge in [0.15, 0.2) is 5.78 Å². The highest BCUT2D eigenvalue weighted by Gasteiger charge is 2.06. The first-order valence-electron chi connectivity index (χ1n) is 4.76. The zero-order valence-electron chi connectivity index (χ0n) is 9.07. The molecule has 0 saturated heterocycles. The molecule has 0 aliphatic heterocycles. The number of hydrogen-bond donors (Lipinski definition) is 0. The van der Waals surface area contributed by atoms with Gasteiger partial charge in [0.2, 0.25) is 0 Å². The first-order valence-corrected chi connectivity index (χ1v) is 5.52. The van der Waals surface area contributed by atoms with Crippen molar-refractivity contribution in [1.29, 1.82) is 0 Å². The number of ketones is 1. The number of carbonyl (C=O) groups is 2. The Morgan fingerprint density at radius 1 is 1.35 bits per heavy atom. The summed E-state index contributed by atoms with van der Waals surface area (Å²) in [6.45, 7) is 0. The van der Waals surface area contributed by atoms with Crippen molar-refractivity contribution >= 4 is 41.0 Å². The van der Waals surface area contributed by atoms with Crippen molar-refractivity contribution in [3.05, 3.63) is 39.9 Å². The topological polar surface area (TPSA) is 43.4 Å². The summed E-state index contributed by atoms with van der Waals surface area (Å²) in [4.78, 5) is 22.1. The molecule has 3 nitrogen and oxygen atoms in total. The molecular weight excluding hydrogens is 263 g/mol. The zero-order chi connectivity index (χ0) is 12.8. The van der Waals surface area contributed by atoms with Gasteiger partial charge >= 0.3 is 5.97 Å². The fourth-order valence-electron chi connectivity index (χ4n) is 1.11. The molecule has 0 aliphatic rings. The highest BCUT2D eigenvalue weighted by atomic mass is 35.5. The van der Waals surface area contributed by atoms with Crippen LogP contribution in [0.5, 0.6) is 0 Å². The van der Waals surface area contributed by atoms with Crippen molar-refractivity contribution in [3.8, 4) is 0 Å². The molecule has 1 rings (SSSR count). The second-order valence-electron chi connectivity index (χ2n) is 3.20. The second-order valence-corrected chi connectivity index (χ2v) is 3.98. The number of ether oxygens (including phenoxy) is 1. The third kappa shape index (κ3) is 4.21. The van der Waals surface area contributed by atoms with E-state index in [1.165, 1.54) is 19.3 Å². The van der Waals surface area contributed by atoms with Gasteiger partial charge in [0, 0.05) is 0 Å². The lowest BCUT2D eigenvalue weighted by molar-refractivity contribution is -0.142. The van der Waals surface area contributed by atoms with Gasteiger partial charge in [0.1, 0.15) is 6.42 Å². The van der Waals surface area contributed by atoms with Crippen LogP contribution in [0.4, 0.5) is 0 Å². The number of rotatable bonds is 4. The molecule has 0 atom stereocenters. The lowest BCUT2D eigenvalue weighted by Gasteiger charge is -1.99. The Morgan fingerprint density at radius 2 is 2.06 bits per heavy atom. The maximum Gasteiger partial charge on any atom is 0.313 e. The van der Waals surface area contributed by atoms with E-state index in [1.807, 2.05) is 0 Å². The van der Waals surface area contributed by atoms with E-state index in [4.69, 9.17) is 23.2 Å². The Kier molecular flexibility index (Phi) is 5.19. The quantitative estimate of drug-likeness (QED) is 0.481.